The first kappa shape index (κ1) is 16.9. The van der Waals surface area contributed by atoms with Crippen molar-refractivity contribution in [3.8, 4) is 0 Å². The van der Waals surface area contributed by atoms with E-state index in [0.717, 1.165) is 11.8 Å². The van der Waals surface area contributed by atoms with Gasteiger partial charge in [-0.1, -0.05) is 30.1 Å². The number of aliphatic carboxylic acids is 1. The predicted octanol–water partition coefficient (Wildman–Crippen LogP) is 2.42. The highest BCUT2D eigenvalue weighted by molar-refractivity contribution is 8.26. The van der Waals surface area contributed by atoms with Gasteiger partial charge < -0.3 is 9.52 Å². The van der Waals surface area contributed by atoms with Gasteiger partial charge in [-0.3, -0.25) is 24.6 Å². The smallest absolute Gasteiger partial charge is 0.433 e. The summed E-state index contributed by atoms with van der Waals surface area (Å²) < 4.78 is 5.23. The van der Waals surface area contributed by atoms with Crippen LogP contribution in [0.4, 0.5) is 5.88 Å². The first-order valence-corrected chi connectivity index (χ1v) is 7.49. The number of carbonyl (C=O) groups excluding carboxylic acids is 1. The molecule has 1 saturated heterocycles. The number of nitrogens with zero attached hydrogens (tertiary/aromatic N) is 2. The molecule has 0 aromatic carbocycles. The quantitative estimate of drug-likeness (QED) is 0.358. The Hall–Kier alpha value is -2.46. The molecule has 0 aliphatic carbocycles. The maximum absolute atomic E-state index is 12.1. The minimum Gasteiger partial charge on any atom is -0.481 e. The lowest BCUT2D eigenvalue weighted by molar-refractivity contribution is -0.402. The minimum absolute atomic E-state index is 0.0193. The fraction of sp³-hybridized carbons (Fsp3) is 0.154. The summed E-state index contributed by atoms with van der Waals surface area (Å²) in [5.41, 5.74) is 0. The van der Waals surface area contributed by atoms with Crippen LogP contribution in [-0.2, 0) is 9.59 Å². The number of thioether (sulfide) groups is 1. The van der Waals surface area contributed by atoms with Crippen LogP contribution >= 0.6 is 24.0 Å². The highest BCUT2D eigenvalue weighted by atomic mass is 32.2. The number of allylic oxidation sites excluding steroid dienone is 2. The Balaban J connectivity index is 2.03. The van der Waals surface area contributed by atoms with Gasteiger partial charge >= 0.3 is 11.9 Å². The third-order valence-electron chi connectivity index (χ3n) is 2.72. The molecule has 1 aromatic heterocycles. The van der Waals surface area contributed by atoms with E-state index < -0.39 is 10.9 Å². The molecule has 1 aliphatic rings. The van der Waals surface area contributed by atoms with Crippen molar-refractivity contribution >= 4 is 52.1 Å². The van der Waals surface area contributed by atoms with E-state index in [2.05, 4.69) is 0 Å². The molecule has 2 rings (SSSR count). The van der Waals surface area contributed by atoms with Crippen molar-refractivity contribution in [3.63, 3.8) is 0 Å². The standard InChI is InChI=1S/C13H10N2O6S2/c16-11(17)6-7-14-12(18)9(23-13(14)22)3-1-2-8-4-5-10(21-8)15(19)20/h1-5H,6-7H2,(H,16,17)/b2-1+,9-3-. The van der Waals surface area contributed by atoms with E-state index in [0.29, 0.717) is 9.23 Å². The van der Waals surface area contributed by atoms with E-state index in [1.54, 1.807) is 0 Å². The van der Waals surface area contributed by atoms with Gasteiger partial charge in [-0.25, -0.2) is 0 Å². The second-order valence-electron chi connectivity index (χ2n) is 4.29. The molecule has 2 heterocycles. The molecule has 23 heavy (non-hydrogen) atoms. The van der Waals surface area contributed by atoms with Gasteiger partial charge in [-0.2, -0.15) is 0 Å². The topological polar surface area (TPSA) is 114 Å². The first-order chi connectivity index (χ1) is 10.9. The summed E-state index contributed by atoms with van der Waals surface area (Å²) >= 11 is 6.10. The number of thiocarbonyl (C=S) groups is 1. The van der Waals surface area contributed by atoms with Crippen LogP contribution in [0.3, 0.4) is 0 Å². The summed E-state index contributed by atoms with van der Waals surface area (Å²) in [5.74, 6) is -1.47. The average molecular weight is 354 g/mol. The van der Waals surface area contributed by atoms with Gasteiger partial charge in [0.25, 0.3) is 5.91 Å². The number of furan rings is 1. The number of carboxylic acid groups (broad SMARTS) is 1. The SMILES string of the molecule is O=C(O)CCN1C(=O)/C(=C/C=C/c2ccc([N+](=O)[O-])o2)SC1=S. The molecule has 1 fully saturated rings. The molecule has 1 aromatic rings. The monoisotopic (exact) mass is 354 g/mol. The van der Waals surface area contributed by atoms with E-state index in [1.807, 2.05) is 0 Å². The molecule has 8 nitrogen and oxygen atoms in total. The first-order valence-electron chi connectivity index (χ1n) is 6.26. The second kappa shape index (κ2) is 7.20. The molecular weight excluding hydrogens is 344 g/mol. The van der Waals surface area contributed by atoms with Gasteiger partial charge in [0, 0.05) is 6.54 Å². The Kier molecular flexibility index (Phi) is 5.29. The average Bonchev–Trinajstić information content (AvgIpc) is 3.04. The number of hydrogen-bond acceptors (Lipinski definition) is 7. The molecule has 10 heteroatoms. The maximum Gasteiger partial charge on any atom is 0.433 e. The van der Waals surface area contributed by atoms with Gasteiger partial charge in [0.2, 0.25) is 0 Å². The van der Waals surface area contributed by atoms with Crippen molar-refractivity contribution in [3.05, 3.63) is 45.1 Å². The molecule has 0 saturated carbocycles. The van der Waals surface area contributed by atoms with Crippen LogP contribution in [0.25, 0.3) is 6.08 Å². The normalized spacial score (nSPS) is 16.7. The maximum atomic E-state index is 12.1. The van der Waals surface area contributed by atoms with E-state index >= 15 is 0 Å². The summed E-state index contributed by atoms with van der Waals surface area (Å²) in [6, 6.07) is 2.66. The Morgan fingerprint density at radius 1 is 1.52 bits per heavy atom. The Morgan fingerprint density at radius 2 is 2.26 bits per heavy atom. The summed E-state index contributed by atoms with van der Waals surface area (Å²) in [6.07, 6.45) is 4.28. The minimum atomic E-state index is -1.01. The Morgan fingerprint density at radius 3 is 2.87 bits per heavy atom. The van der Waals surface area contributed by atoms with Gasteiger partial charge in [-0.15, -0.1) is 0 Å². The summed E-state index contributed by atoms with van der Waals surface area (Å²) in [5, 5.41) is 19.1. The van der Waals surface area contributed by atoms with Crippen LogP contribution in [0, 0.1) is 10.1 Å². The van der Waals surface area contributed by atoms with Crippen molar-refractivity contribution in [1.29, 1.82) is 0 Å². The number of amides is 1. The molecule has 0 unspecified atom stereocenters. The van der Waals surface area contributed by atoms with E-state index in [-0.39, 0.29) is 30.5 Å². The largest absolute Gasteiger partial charge is 0.481 e. The van der Waals surface area contributed by atoms with Gasteiger partial charge in [0.1, 0.15) is 15.0 Å². The van der Waals surface area contributed by atoms with Crippen molar-refractivity contribution in [2.45, 2.75) is 6.42 Å². The number of carboxylic acids is 1. The fourth-order valence-electron chi connectivity index (χ4n) is 1.67. The van der Waals surface area contributed by atoms with E-state index in [9.17, 15) is 19.7 Å². The van der Waals surface area contributed by atoms with Crippen molar-refractivity contribution in [2.24, 2.45) is 0 Å². The summed E-state index contributed by atoms with van der Waals surface area (Å²) in [6.45, 7) is 0.0193. The van der Waals surface area contributed by atoms with Crippen molar-refractivity contribution < 1.29 is 24.0 Å². The van der Waals surface area contributed by atoms with Crippen LogP contribution in [-0.4, -0.2) is 37.7 Å². The van der Waals surface area contributed by atoms with Crippen LogP contribution in [0.5, 0.6) is 0 Å². The zero-order valence-electron chi connectivity index (χ0n) is 11.5. The zero-order chi connectivity index (χ0) is 17.0. The third-order valence-corrected chi connectivity index (χ3v) is 4.12. The Bertz CT molecular complexity index is 737. The molecule has 0 radical (unpaired) electrons. The zero-order valence-corrected chi connectivity index (χ0v) is 13.1. The molecule has 1 amide bonds. The number of nitro groups is 1. The molecule has 0 bridgehead atoms. The third kappa shape index (κ3) is 4.27. The lowest BCUT2D eigenvalue weighted by Gasteiger charge is -2.12. The number of carbonyl (C=O) groups is 2. The highest BCUT2D eigenvalue weighted by Gasteiger charge is 2.31. The second-order valence-corrected chi connectivity index (χ2v) is 5.97. The molecular formula is C13H10N2O6S2. The lowest BCUT2D eigenvalue weighted by Crippen LogP contribution is -2.30. The Labute approximate surface area is 139 Å². The van der Waals surface area contributed by atoms with Gasteiger partial charge in [-0.05, 0) is 18.2 Å². The van der Waals surface area contributed by atoms with E-state index in [4.69, 9.17) is 21.7 Å². The number of hydrogen-bond donors (Lipinski definition) is 1. The molecule has 0 atom stereocenters. The van der Waals surface area contributed by atoms with Gasteiger partial charge in [0.05, 0.1) is 17.4 Å². The fourth-order valence-corrected chi connectivity index (χ4v) is 2.93. The van der Waals surface area contributed by atoms with Crippen LogP contribution in [0.2, 0.25) is 0 Å². The molecule has 1 N–H and O–H groups in total. The van der Waals surface area contributed by atoms with Crippen LogP contribution in [0.1, 0.15) is 12.2 Å². The lowest BCUT2D eigenvalue weighted by atomic mass is 10.3. The van der Waals surface area contributed by atoms with Gasteiger partial charge in [0.15, 0.2) is 0 Å². The van der Waals surface area contributed by atoms with E-state index in [1.165, 1.54) is 35.3 Å². The highest BCUT2D eigenvalue weighted by Crippen LogP contribution is 2.31. The molecule has 1 aliphatic heterocycles. The van der Waals surface area contributed by atoms with Crippen molar-refractivity contribution in [1.82, 2.24) is 4.90 Å². The van der Waals surface area contributed by atoms with Crippen LogP contribution in [0.15, 0.2) is 33.6 Å². The summed E-state index contributed by atoms with van der Waals surface area (Å²) in [7, 11) is 0. The van der Waals surface area contributed by atoms with Crippen LogP contribution < -0.4 is 0 Å². The molecule has 120 valence electrons. The number of rotatable bonds is 6. The molecule has 0 spiro atoms. The predicted molar refractivity (Wildman–Crippen MR) is 86.6 cm³/mol. The van der Waals surface area contributed by atoms with Crippen molar-refractivity contribution in [2.75, 3.05) is 6.54 Å². The summed E-state index contributed by atoms with van der Waals surface area (Å²) in [4.78, 5) is 34.0.